The number of alkyl carbamates (subject to hydrolysis) is 1. The Morgan fingerprint density at radius 2 is 1.77 bits per heavy atom. The Bertz CT molecular complexity index is 900. The first-order valence-electron chi connectivity index (χ1n) is 11.8. The third kappa shape index (κ3) is 9.79. The van der Waals surface area contributed by atoms with Crippen molar-refractivity contribution in [1.29, 1.82) is 0 Å². The van der Waals surface area contributed by atoms with Crippen LogP contribution in [0.4, 0.5) is 4.79 Å². The number of ether oxygens (including phenoxy) is 2. The lowest BCUT2D eigenvalue weighted by Gasteiger charge is -2.34. The molecule has 0 spiro atoms. The van der Waals surface area contributed by atoms with Gasteiger partial charge in [-0.05, 0) is 59.6 Å². The topological polar surface area (TPSA) is 114 Å². The van der Waals surface area contributed by atoms with Crippen LogP contribution in [0.5, 0.6) is 0 Å². The summed E-state index contributed by atoms with van der Waals surface area (Å²) < 4.78 is 10.2. The molecule has 9 nitrogen and oxygen atoms in total. The number of esters is 1. The van der Waals surface area contributed by atoms with E-state index in [0.29, 0.717) is 5.56 Å². The van der Waals surface area contributed by atoms with Crippen molar-refractivity contribution in [3.05, 3.63) is 34.9 Å². The Hall–Kier alpha value is -2.75. The minimum Gasteiger partial charge on any atom is -0.466 e. The van der Waals surface area contributed by atoms with Gasteiger partial charge in [-0.2, -0.15) is 12.6 Å². The van der Waals surface area contributed by atoms with Gasteiger partial charge in [-0.25, -0.2) is 4.79 Å². The number of rotatable bonds is 11. The summed E-state index contributed by atoms with van der Waals surface area (Å²) in [4.78, 5) is 52.3. The summed E-state index contributed by atoms with van der Waals surface area (Å²) in [6.07, 6.45) is -0.735. The second-order valence-electron chi connectivity index (χ2n) is 9.11. The summed E-state index contributed by atoms with van der Waals surface area (Å²) in [5, 5.41) is 5.31. The van der Waals surface area contributed by atoms with Crippen LogP contribution >= 0.6 is 12.6 Å². The normalized spacial score (nSPS) is 12.8. The molecule has 0 aliphatic carbocycles. The molecule has 1 rings (SSSR count). The van der Waals surface area contributed by atoms with Gasteiger partial charge >= 0.3 is 12.1 Å². The van der Waals surface area contributed by atoms with Gasteiger partial charge in [0.05, 0.1) is 13.0 Å². The van der Waals surface area contributed by atoms with E-state index in [0.717, 1.165) is 11.1 Å². The summed E-state index contributed by atoms with van der Waals surface area (Å²) in [7, 11) is 0. The van der Waals surface area contributed by atoms with Gasteiger partial charge in [0, 0.05) is 18.8 Å². The fourth-order valence-corrected chi connectivity index (χ4v) is 3.67. The van der Waals surface area contributed by atoms with Gasteiger partial charge in [0.2, 0.25) is 11.8 Å². The molecule has 0 radical (unpaired) electrons. The molecule has 0 saturated carbocycles. The predicted molar refractivity (Wildman–Crippen MR) is 137 cm³/mol. The Balaban J connectivity index is 3.25. The lowest BCUT2D eigenvalue weighted by atomic mass is 9.96. The van der Waals surface area contributed by atoms with Gasteiger partial charge < -0.3 is 25.0 Å². The van der Waals surface area contributed by atoms with E-state index in [2.05, 4.69) is 23.3 Å². The molecule has 0 bridgehead atoms. The summed E-state index contributed by atoms with van der Waals surface area (Å²) in [6.45, 7) is 12.9. The summed E-state index contributed by atoms with van der Waals surface area (Å²) in [5.74, 6) is -1.32. The van der Waals surface area contributed by atoms with Crippen molar-refractivity contribution in [2.45, 2.75) is 72.6 Å². The van der Waals surface area contributed by atoms with Gasteiger partial charge in [-0.1, -0.05) is 23.8 Å². The number of hydrogen-bond acceptors (Lipinski definition) is 7. The Morgan fingerprint density at radius 3 is 2.31 bits per heavy atom. The molecule has 2 N–H and O–H groups in total. The predicted octanol–water partition coefficient (Wildman–Crippen LogP) is 3.09. The molecular weight excluding hydrogens is 470 g/mol. The lowest BCUT2D eigenvalue weighted by molar-refractivity contribution is -0.144. The molecule has 2 atom stereocenters. The molecule has 10 heteroatoms. The minimum atomic E-state index is -1.01. The Morgan fingerprint density at radius 1 is 1.11 bits per heavy atom. The summed E-state index contributed by atoms with van der Waals surface area (Å²) in [6, 6.07) is 3.69. The molecule has 2 unspecified atom stereocenters. The zero-order chi connectivity index (χ0) is 26.8. The first-order valence-corrected chi connectivity index (χ1v) is 12.4. The van der Waals surface area contributed by atoms with Crippen LogP contribution in [0.2, 0.25) is 0 Å². The van der Waals surface area contributed by atoms with Crippen LogP contribution in [0, 0.1) is 13.8 Å². The van der Waals surface area contributed by atoms with Crippen LogP contribution in [0.3, 0.4) is 0 Å². The number of hydrogen-bond donors (Lipinski definition) is 3. The third-order valence-corrected chi connectivity index (χ3v) is 5.38. The lowest BCUT2D eigenvalue weighted by Crippen LogP contribution is -2.54. The highest BCUT2D eigenvalue weighted by Crippen LogP contribution is 2.26. The maximum absolute atomic E-state index is 13.5. The molecule has 0 aromatic heterocycles. The molecular formula is C25H39N3O6S. The Labute approximate surface area is 213 Å². The van der Waals surface area contributed by atoms with E-state index < -0.39 is 41.6 Å². The maximum Gasteiger partial charge on any atom is 0.408 e. The zero-order valence-corrected chi connectivity index (χ0v) is 22.7. The standard InChI is InChI=1S/C25H39N3O6S/c1-8-28(23(31)19(15-35)27-24(32)34-25(5,6)7)21(18-14-16(3)10-11-17(18)4)22(30)26-13-12-20(29)33-9-2/h10-11,14,19,21,35H,8-9,12-13,15H2,1-7H3,(H,26,30)(H,27,32). The Kier molecular flexibility index (Phi) is 12.1. The van der Waals surface area contributed by atoms with Crippen molar-refractivity contribution in [3.8, 4) is 0 Å². The molecule has 35 heavy (non-hydrogen) atoms. The van der Waals surface area contributed by atoms with Crippen LogP contribution in [-0.4, -0.2) is 65.9 Å². The van der Waals surface area contributed by atoms with Crippen molar-refractivity contribution in [3.63, 3.8) is 0 Å². The van der Waals surface area contributed by atoms with Gasteiger partial charge in [0.1, 0.15) is 17.7 Å². The van der Waals surface area contributed by atoms with E-state index in [4.69, 9.17) is 9.47 Å². The van der Waals surface area contributed by atoms with Gasteiger partial charge in [0.15, 0.2) is 0 Å². The molecule has 0 heterocycles. The smallest absolute Gasteiger partial charge is 0.408 e. The highest BCUT2D eigenvalue weighted by molar-refractivity contribution is 7.80. The zero-order valence-electron chi connectivity index (χ0n) is 21.8. The molecule has 196 valence electrons. The number of amides is 3. The third-order valence-electron chi connectivity index (χ3n) is 5.02. The first-order chi connectivity index (χ1) is 16.3. The van der Waals surface area contributed by atoms with Crippen molar-refractivity contribution >= 4 is 36.5 Å². The molecule has 3 amide bonds. The number of likely N-dealkylation sites (N-methyl/N-ethyl adjacent to an activating group) is 1. The second kappa shape index (κ2) is 14.0. The fourth-order valence-electron chi connectivity index (χ4n) is 3.42. The molecule has 1 aromatic carbocycles. The van der Waals surface area contributed by atoms with Crippen molar-refractivity contribution < 1.29 is 28.7 Å². The highest BCUT2D eigenvalue weighted by atomic mass is 32.1. The number of benzene rings is 1. The van der Waals surface area contributed by atoms with Crippen LogP contribution in [0.1, 0.15) is 63.8 Å². The number of nitrogens with zero attached hydrogens (tertiary/aromatic N) is 1. The average Bonchev–Trinajstić information content (AvgIpc) is 2.76. The van der Waals surface area contributed by atoms with Crippen LogP contribution in [0.15, 0.2) is 18.2 Å². The molecule has 0 fully saturated rings. The van der Waals surface area contributed by atoms with E-state index >= 15 is 0 Å². The number of aryl methyl sites for hydroxylation is 2. The van der Waals surface area contributed by atoms with Crippen LogP contribution in [-0.2, 0) is 23.9 Å². The van der Waals surface area contributed by atoms with Crippen LogP contribution in [0.25, 0.3) is 0 Å². The largest absolute Gasteiger partial charge is 0.466 e. The number of carbonyl (C=O) groups is 4. The minimum absolute atomic E-state index is 0.0125. The van der Waals surface area contributed by atoms with Crippen molar-refractivity contribution in [2.24, 2.45) is 0 Å². The summed E-state index contributed by atoms with van der Waals surface area (Å²) in [5.41, 5.74) is 1.67. The molecule has 0 aliphatic rings. The van der Waals surface area contributed by atoms with Gasteiger partial charge in [0.25, 0.3) is 0 Å². The maximum atomic E-state index is 13.5. The summed E-state index contributed by atoms with van der Waals surface area (Å²) >= 11 is 4.25. The van der Waals surface area contributed by atoms with E-state index in [-0.39, 0.29) is 31.9 Å². The quantitative estimate of drug-likeness (QED) is 0.312. The molecule has 0 aliphatic heterocycles. The number of thiol groups is 1. The van der Waals surface area contributed by atoms with E-state index in [1.54, 1.807) is 34.6 Å². The van der Waals surface area contributed by atoms with E-state index in [9.17, 15) is 19.2 Å². The van der Waals surface area contributed by atoms with Crippen molar-refractivity contribution in [2.75, 3.05) is 25.4 Å². The highest BCUT2D eigenvalue weighted by Gasteiger charge is 2.35. The molecule has 1 aromatic rings. The number of carbonyl (C=O) groups excluding carboxylic acids is 4. The van der Waals surface area contributed by atoms with Gasteiger partial charge in [-0.3, -0.25) is 14.4 Å². The number of nitrogens with one attached hydrogen (secondary N) is 2. The first kappa shape index (κ1) is 30.3. The van der Waals surface area contributed by atoms with E-state index in [1.165, 1.54) is 4.90 Å². The monoisotopic (exact) mass is 509 g/mol. The van der Waals surface area contributed by atoms with Crippen molar-refractivity contribution in [1.82, 2.24) is 15.5 Å². The SMILES string of the molecule is CCOC(=O)CCNC(=O)C(c1cc(C)ccc1C)N(CC)C(=O)C(CS)NC(=O)OC(C)(C)C. The van der Waals surface area contributed by atoms with Gasteiger partial charge in [-0.15, -0.1) is 0 Å². The fraction of sp³-hybridized carbons (Fsp3) is 0.600. The molecule has 0 saturated heterocycles. The average molecular weight is 510 g/mol. The van der Waals surface area contributed by atoms with Crippen LogP contribution < -0.4 is 10.6 Å². The second-order valence-corrected chi connectivity index (χ2v) is 9.48. The van der Waals surface area contributed by atoms with E-state index in [1.807, 2.05) is 32.0 Å².